The maximum atomic E-state index is 11.2. The third-order valence-corrected chi connectivity index (χ3v) is 1.89. The summed E-state index contributed by atoms with van der Waals surface area (Å²) in [5, 5.41) is 0. The highest BCUT2D eigenvalue weighted by Crippen LogP contribution is 2.26. The van der Waals surface area contributed by atoms with Crippen LogP contribution in [0, 0.1) is 11.3 Å². The minimum absolute atomic E-state index is 0.0648. The molecule has 12 heavy (non-hydrogen) atoms. The van der Waals surface area contributed by atoms with Gasteiger partial charge >= 0.3 is 5.97 Å². The predicted octanol–water partition coefficient (Wildman–Crippen LogP) is 2.62. The van der Waals surface area contributed by atoms with Crippen molar-refractivity contribution in [1.29, 1.82) is 0 Å². The molecular formula is C10H20O2. The maximum Gasteiger partial charge on any atom is 0.308 e. The van der Waals surface area contributed by atoms with Gasteiger partial charge in [-0.1, -0.05) is 27.7 Å². The van der Waals surface area contributed by atoms with E-state index in [4.69, 9.17) is 4.74 Å². The molecule has 0 aromatic carbocycles. The summed E-state index contributed by atoms with van der Waals surface area (Å²) in [5.74, 6) is -0.0116. The third-order valence-electron chi connectivity index (χ3n) is 1.89. The topological polar surface area (TPSA) is 26.3 Å². The molecule has 0 radical (unpaired) electrons. The van der Waals surface area contributed by atoms with Gasteiger partial charge in [-0.05, 0) is 18.3 Å². The highest BCUT2D eigenvalue weighted by molar-refractivity contribution is 5.72. The smallest absolute Gasteiger partial charge is 0.308 e. The molecule has 0 aliphatic heterocycles. The van der Waals surface area contributed by atoms with Crippen molar-refractivity contribution in [2.24, 2.45) is 11.3 Å². The molecule has 0 saturated heterocycles. The highest BCUT2D eigenvalue weighted by Gasteiger charge is 2.23. The lowest BCUT2D eigenvalue weighted by molar-refractivity contribution is -0.146. The second-order valence-electron chi connectivity index (χ2n) is 4.39. The maximum absolute atomic E-state index is 11.2. The molecule has 0 spiro atoms. The van der Waals surface area contributed by atoms with E-state index in [0.29, 0.717) is 0 Å². The average molecular weight is 172 g/mol. The summed E-state index contributed by atoms with van der Waals surface area (Å²) in [6.45, 7) is 8.43. The SMILES string of the molecule is CCC(CC(C)(C)C)C(=O)OC. The Labute approximate surface area is 75.3 Å². The van der Waals surface area contributed by atoms with E-state index < -0.39 is 0 Å². The van der Waals surface area contributed by atoms with Gasteiger partial charge in [-0.3, -0.25) is 4.79 Å². The molecule has 0 aromatic rings. The van der Waals surface area contributed by atoms with E-state index >= 15 is 0 Å². The summed E-state index contributed by atoms with van der Waals surface area (Å²) in [7, 11) is 1.45. The molecule has 1 unspecified atom stereocenters. The quantitative estimate of drug-likeness (QED) is 0.612. The fraction of sp³-hybridized carbons (Fsp3) is 0.900. The fourth-order valence-corrected chi connectivity index (χ4v) is 1.30. The monoisotopic (exact) mass is 172 g/mol. The van der Waals surface area contributed by atoms with Crippen molar-refractivity contribution in [3.05, 3.63) is 0 Å². The number of ether oxygens (including phenoxy) is 1. The molecule has 0 rings (SSSR count). The largest absolute Gasteiger partial charge is 0.469 e. The molecule has 2 nitrogen and oxygen atoms in total. The number of hydrogen-bond acceptors (Lipinski definition) is 2. The first kappa shape index (κ1) is 11.5. The Morgan fingerprint density at radius 1 is 1.42 bits per heavy atom. The Morgan fingerprint density at radius 3 is 2.17 bits per heavy atom. The lowest BCUT2D eigenvalue weighted by Crippen LogP contribution is -2.21. The molecule has 0 aromatic heterocycles. The van der Waals surface area contributed by atoms with Crippen molar-refractivity contribution in [3.63, 3.8) is 0 Å². The summed E-state index contributed by atoms with van der Waals surface area (Å²) in [6.07, 6.45) is 1.76. The normalized spacial score (nSPS) is 14.1. The van der Waals surface area contributed by atoms with Gasteiger partial charge in [-0.15, -0.1) is 0 Å². The molecule has 1 atom stereocenters. The zero-order valence-corrected chi connectivity index (χ0v) is 8.81. The van der Waals surface area contributed by atoms with Crippen LogP contribution in [0.4, 0.5) is 0 Å². The van der Waals surface area contributed by atoms with Crippen LogP contribution in [0.3, 0.4) is 0 Å². The zero-order chi connectivity index (χ0) is 9.78. The van der Waals surface area contributed by atoms with Crippen LogP contribution >= 0.6 is 0 Å². The number of carbonyl (C=O) groups is 1. The summed E-state index contributed by atoms with van der Waals surface area (Å²) in [4.78, 5) is 11.2. The molecule has 0 amide bonds. The van der Waals surface area contributed by atoms with Crippen LogP contribution < -0.4 is 0 Å². The van der Waals surface area contributed by atoms with Crippen molar-refractivity contribution < 1.29 is 9.53 Å². The summed E-state index contributed by atoms with van der Waals surface area (Å²) >= 11 is 0. The van der Waals surface area contributed by atoms with Gasteiger partial charge in [0.05, 0.1) is 13.0 Å². The van der Waals surface area contributed by atoms with Gasteiger partial charge in [0.2, 0.25) is 0 Å². The van der Waals surface area contributed by atoms with Crippen LogP contribution in [0.15, 0.2) is 0 Å². The minimum atomic E-state index is -0.0765. The van der Waals surface area contributed by atoms with Crippen LogP contribution in [0.2, 0.25) is 0 Å². The molecule has 0 aliphatic rings. The number of hydrogen-bond donors (Lipinski definition) is 0. The van der Waals surface area contributed by atoms with Crippen LogP contribution in [-0.2, 0) is 9.53 Å². The zero-order valence-electron chi connectivity index (χ0n) is 8.81. The second-order valence-corrected chi connectivity index (χ2v) is 4.39. The van der Waals surface area contributed by atoms with Gasteiger partial charge in [0, 0.05) is 0 Å². The van der Waals surface area contributed by atoms with Crippen LogP contribution in [0.5, 0.6) is 0 Å². The van der Waals surface area contributed by atoms with Gasteiger partial charge in [0.1, 0.15) is 0 Å². The van der Waals surface area contributed by atoms with E-state index in [-0.39, 0.29) is 17.3 Å². The second kappa shape index (κ2) is 4.48. The van der Waals surface area contributed by atoms with E-state index in [0.717, 1.165) is 12.8 Å². The van der Waals surface area contributed by atoms with Crippen molar-refractivity contribution in [1.82, 2.24) is 0 Å². The van der Waals surface area contributed by atoms with E-state index in [9.17, 15) is 4.79 Å². The Hall–Kier alpha value is -0.530. The molecule has 0 N–H and O–H groups in total. The van der Waals surface area contributed by atoms with Crippen molar-refractivity contribution in [3.8, 4) is 0 Å². The van der Waals surface area contributed by atoms with Crippen LogP contribution in [0.25, 0.3) is 0 Å². The Balaban J connectivity index is 4.09. The highest BCUT2D eigenvalue weighted by atomic mass is 16.5. The summed E-state index contributed by atoms with van der Waals surface area (Å²) in [5.41, 5.74) is 0.203. The van der Waals surface area contributed by atoms with Gasteiger partial charge in [-0.25, -0.2) is 0 Å². The first-order valence-corrected chi connectivity index (χ1v) is 4.48. The predicted molar refractivity (Wildman–Crippen MR) is 49.9 cm³/mol. The number of rotatable bonds is 3. The average Bonchev–Trinajstić information content (AvgIpc) is 1.97. The number of methoxy groups -OCH3 is 1. The molecule has 72 valence electrons. The Morgan fingerprint density at radius 2 is 1.92 bits per heavy atom. The minimum Gasteiger partial charge on any atom is -0.469 e. The molecule has 0 aliphatic carbocycles. The molecule has 0 bridgehead atoms. The molecule has 2 heteroatoms. The van der Waals surface area contributed by atoms with Crippen LogP contribution in [0.1, 0.15) is 40.5 Å². The van der Waals surface area contributed by atoms with E-state index in [2.05, 4.69) is 20.8 Å². The molecular weight excluding hydrogens is 152 g/mol. The van der Waals surface area contributed by atoms with Crippen LogP contribution in [-0.4, -0.2) is 13.1 Å². The summed E-state index contributed by atoms with van der Waals surface area (Å²) in [6, 6.07) is 0. The van der Waals surface area contributed by atoms with Crippen molar-refractivity contribution in [2.45, 2.75) is 40.5 Å². The first-order chi connectivity index (χ1) is 5.40. The van der Waals surface area contributed by atoms with Crippen molar-refractivity contribution in [2.75, 3.05) is 7.11 Å². The van der Waals surface area contributed by atoms with E-state index in [1.807, 2.05) is 6.92 Å². The van der Waals surface area contributed by atoms with Gasteiger partial charge in [0.15, 0.2) is 0 Å². The lowest BCUT2D eigenvalue weighted by atomic mass is 9.83. The Kier molecular flexibility index (Phi) is 4.29. The Bertz CT molecular complexity index is 144. The van der Waals surface area contributed by atoms with Gasteiger partial charge < -0.3 is 4.74 Å². The molecule has 0 fully saturated rings. The van der Waals surface area contributed by atoms with Gasteiger partial charge in [-0.2, -0.15) is 0 Å². The van der Waals surface area contributed by atoms with E-state index in [1.54, 1.807) is 0 Å². The van der Waals surface area contributed by atoms with E-state index in [1.165, 1.54) is 7.11 Å². The standard InChI is InChI=1S/C10H20O2/c1-6-8(9(11)12-5)7-10(2,3)4/h8H,6-7H2,1-5H3. The van der Waals surface area contributed by atoms with Gasteiger partial charge in [0.25, 0.3) is 0 Å². The first-order valence-electron chi connectivity index (χ1n) is 4.48. The molecule has 0 heterocycles. The van der Waals surface area contributed by atoms with Crippen molar-refractivity contribution >= 4 is 5.97 Å². The molecule has 0 saturated carbocycles. The lowest BCUT2D eigenvalue weighted by Gasteiger charge is -2.23. The summed E-state index contributed by atoms with van der Waals surface area (Å²) < 4.78 is 4.71. The third kappa shape index (κ3) is 4.37. The number of esters is 1. The fourth-order valence-electron chi connectivity index (χ4n) is 1.30. The number of carbonyl (C=O) groups excluding carboxylic acids is 1.